The van der Waals surface area contributed by atoms with E-state index in [4.69, 9.17) is 0 Å². The Kier molecular flexibility index (Phi) is 4.00. The molecule has 1 aliphatic rings. The van der Waals surface area contributed by atoms with Crippen molar-refractivity contribution in [2.45, 2.75) is 58.0 Å². The zero-order valence-electron chi connectivity index (χ0n) is 10.5. The molecule has 88 valence electrons. The van der Waals surface area contributed by atoms with Crippen molar-refractivity contribution in [2.24, 2.45) is 0 Å². The van der Waals surface area contributed by atoms with Crippen molar-refractivity contribution >= 4 is 0 Å². The first-order valence-corrected chi connectivity index (χ1v) is 6.58. The van der Waals surface area contributed by atoms with Crippen LogP contribution in [0.2, 0.25) is 0 Å². The molecule has 0 aliphatic heterocycles. The molecule has 1 fully saturated rings. The molecular weight excluding hydrogens is 194 g/mol. The zero-order valence-corrected chi connectivity index (χ0v) is 10.5. The van der Waals surface area contributed by atoms with Crippen LogP contribution in [0.1, 0.15) is 56.2 Å². The maximum atomic E-state index is 3.76. The van der Waals surface area contributed by atoms with Crippen molar-refractivity contribution in [3.8, 4) is 0 Å². The summed E-state index contributed by atoms with van der Waals surface area (Å²) in [6.45, 7) is 4.44. The van der Waals surface area contributed by atoms with Gasteiger partial charge in [0, 0.05) is 12.1 Å². The van der Waals surface area contributed by atoms with Crippen LogP contribution in [-0.4, -0.2) is 6.04 Å². The second-order valence-electron chi connectivity index (χ2n) is 5.14. The molecule has 1 aliphatic carbocycles. The van der Waals surface area contributed by atoms with Crippen molar-refractivity contribution < 1.29 is 0 Å². The molecule has 1 heteroatoms. The van der Waals surface area contributed by atoms with Crippen molar-refractivity contribution in [3.63, 3.8) is 0 Å². The maximum absolute atomic E-state index is 3.76. The maximum Gasteiger partial charge on any atom is 0.0294 e. The molecule has 0 saturated heterocycles. The van der Waals surface area contributed by atoms with E-state index in [9.17, 15) is 0 Å². The minimum Gasteiger partial charge on any atom is -0.307 e. The summed E-state index contributed by atoms with van der Waals surface area (Å²) in [5.41, 5.74) is 2.78. The fourth-order valence-electron chi connectivity index (χ4n) is 2.66. The molecule has 1 aromatic carbocycles. The monoisotopic (exact) mass is 217 g/mol. The Hall–Kier alpha value is -0.820. The summed E-state index contributed by atoms with van der Waals surface area (Å²) in [7, 11) is 0. The van der Waals surface area contributed by atoms with Gasteiger partial charge in [0.1, 0.15) is 0 Å². The van der Waals surface area contributed by atoms with Crippen LogP contribution in [0.5, 0.6) is 0 Å². The van der Waals surface area contributed by atoms with Gasteiger partial charge >= 0.3 is 0 Å². The highest BCUT2D eigenvalue weighted by molar-refractivity contribution is 5.24. The highest BCUT2D eigenvalue weighted by Gasteiger charge is 2.15. The third kappa shape index (κ3) is 3.08. The van der Waals surface area contributed by atoms with Gasteiger partial charge in [0.05, 0.1) is 0 Å². The van der Waals surface area contributed by atoms with Crippen LogP contribution in [0.3, 0.4) is 0 Å². The zero-order chi connectivity index (χ0) is 11.4. The second kappa shape index (κ2) is 5.49. The molecule has 1 N–H and O–H groups in total. The number of aryl methyl sites for hydroxylation is 1. The predicted octanol–water partition coefficient (Wildman–Crippen LogP) is 3.98. The lowest BCUT2D eigenvalue weighted by molar-refractivity contribution is 0.347. The lowest BCUT2D eigenvalue weighted by atomic mass is 9.94. The van der Waals surface area contributed by atoms with Crippen LogP contribution in [0, 0.1) is 6.92 Å². The highest BCUT2D eigenvalue weighted by Crippen LogP contribution is 2.21. The summed E-state index contributed by atoms with van der Waals surface area (Å²) in [6.07, 6.45) is 6.94. The minimum absolute atomic E-state index is 0.489. The van der Waals surface area contributed by atoms with Crippen molar-refractivity contribution in [3.05, 3.63) is 35.4 Å². The van der Waals surface area contributed by atoms with E-state index in [0.717, 1.165) is 6.04 Å². The highest BCUT2D eigenvalue weighted by atomic mass is 14.9. The first-order chi connectivity index (χ1) is 7.75. The van der Waals surface area contributed by atoms with E-state index >= 15 is 0 Å². The van der Waals surface area contributed by atoms with Crippen LogP contribution in [-0.2, 0) is 0 Å². The standard InChI is InChI=1S/C15H23N/c1-12-7-6-8-14(11-12)13(2)16-15-9-4-3-5-10-15/h6-8,11,13,15-16H,3-5,9-10H2,1-2H3/t13-/m0/s1. The van der Waals surface area contributed by atoms with Gasteiger partial charge in [-0.2, -0.15) is 0 Å². The topological polar surface area (TPSA) is 12.0 Å². The normalized spacial score (nSPS) is 19.6. The fraction of sp³-hybridized carbons (Fsp3) is 0.600. The molecule has 0 heterocycles. The number of benzene rings is 1. The molecule has 0 amide bonds. The van der Waals surface area contributed by atoms with E-state index in [2.05, 4.69) is 43.4 Å². The quantitative estimate of drug-likeness (QED) is 0.807. The summed E-state index contributed by atoms with van der Waals surface area (Å²) in [4.78, 5) is 0. The Balaban J connectivity index is 1.94. The Bertz CT molecular complexity index is 326. The van der Waals surface area contributed by atoms with Gasteiger partial charge in [-0.3, -0.25) is 0 Å². The number of hydrogen-bond acceptors (Lipinski definition) is 1. The van der Waals surface area contributed by atoms with Gasteiger partial charge in [0.15, 0.2) is 0 Å². The smallest absolute Gasteiger partial charge is 0.0294 e. The fourth-order valence-corrected chi connectivity index (χ4v) is 2.66. The van der Waals surface area contributed by atoms with Crippen LogP contribution < -0.4 is 5.32 Å². The lowest BCUT2D eigenvalue weighted by Gasteiger charge is -2.27. The van der Waals surface area contributed by atoms with Crippen LogP contribution >= 0.6 is 0 Å². The first-order valence-electron chi connectivity index (χ1n) is 6.58. The van der Waals surface area contributed by atoms with Gasteiger partial charge in [-0.15, -0.1) is 0 Å². The summed E-state index contributed by atoms with van der Waals surface area (Å²) < 4.78 is 0. The van der Waals surface area contributed by atoms with Crippen molar-refractivity contribution in [1.29, 1.82) is 0 Å². The lowest BCUT2D eigenvalue weighted by Crippen LogP contribution is -2.33. The summed E-state index contributed by atoms with van der Waals surface area (Å²) in [5, 5.41) is 3.76. The molecule has 0 spiro atoms. The minimum atomic E-state index is 0.489. The molecule has 0 aromatic heterocycles. The van der Waals surface area contributed by atoms with Gasteiger partial charge in [0.2, 0.25) is 0 Å². The van der Waals surface area contributed by atoms with Gasteiger partial charge in [-0.1, -0.05) is 49.1 Å². The third-order valence-electron chi connectivity index (χ3n) is 3.63. The SMILES string of the molecule is Cc1cccc([C@H](C)NC2CCCCC2)c1. The molecule has 1 aromatic rings. The molecule has 1 atom stereocenters. The molecule has 2 rings (SSSR count). The Morgan fingerprint density at radius 1 is 1.19 bits per heavy atom. The summed E-state index contributed by atoms with van der Waals surface area (Å²) in [5.74, 6) is 0. The van der Waals surface area contributed by atoms with Gasteiger partial charge in [-0.25, -0.2) is 0 Å². The van der Waals surface area contributed by atoms with Crippen LogP contribution in [0.4, 0.5) is 0 Å². The van der Waals surface area contributed by atoms with Crippen LogP contribution in [0.15, 0.2) is 24.3 Å². The van der Waals surface area contributed by atoms with E-state index < -0.39 is 0 Å². The van der Waals surface area contributed by atoms with Gasteiger partial charge in [-0.05, 0) is 32.3 Å². The van der Waals surface area contributed by atoms with Crippen molar-refractivity contribution in [2.75, 3.05) is 0 Å². The van der Waals surface area contributed by atoms with Gasteiger partial charge in [0.25, 0.3) is 0 Å². The first kappa shape index (κ1) is 11.7. The molecule has 0 radical (unpaired) electrons. The Labute approximate surface area is 99.3 Å². The van der Waals surface area contributed by atoms with E-state index in [1.807, 2.05) is 0 Å². The van der Waals surface area contributed by atoms with E-state index in [1.54, 1.807) is 0 Å². The molecule has 1 saturated carbocycles. The number of nitrogens with one attached hydrogen (secondary N) is 1. The molecule has 1 nitrogen and oxygen atoms in total. The van der Waals surface area contributed by atoms with Crippen LogP contribution in [0.25, 0.3) is 0 Å². The number of rotatable bonds is 3. The summed E-state index contributed by atoms with van der Waals surface area (Å²) >= 11 is 0. The number of hydrogen-bond donors (Lipinski definition) is 1. The predicted molar refractivity (Wildman–Crippen MR) is 69.6 cm³/mol. The largest absolute Gasteiger partial charge is 0.307 e. The third-order valence-corrected chi connectivity index (χ3v) is 3.63. The van der Waals surface area contributed by atoms with E-state index in [-0.39, 0.29) is 0 Å². The Morgan fingerprint density at radius 2 is 1.94 bits per heavy atom. The molecule has 0 bridgehead atoms. The Morgan fingerprint density at radius 3 is 2.62 bits per heavy atom. The van der Waals surface area contributed by atoms with Crippen molar-refractivity contribution in [1.82, 2.24) is 5.32 Å². The molecular formula is C15H23N. The van der Waals surface area contributed by atoms with E-state index in [1.165, 1.54) is 43.2 Å². The second-order valence-corrected chi connectivity index (χ2v) is 5.14. The summed E-state index contributed by atoms with van der Waals surface area (Å²) in [6, 6.07) is 10.1. The van der Waals surface area contributed by atoms with E-state index in [0.29, 0.717) is 6.04 Å². The average molecular weight is 217 g/mol. The molecule has 16 heavy (non-hydrogen) atoms. The van der Waals surface area contributed by atoms with Gasteiger partial charge < -0.3 is 5.32 Å². The average Bonchev–Trinajstić information content (AvgIpc) is 2.30. The molecule has 0 unspecified atom stereocenters.